The van der Waals surface area contributed by atoms with Crippen LogP contribution in [0, 0.1) is 5.92 Å². The van der Waals surface area contributed by atoms with Crippen molar-refractivity contribution in [3.63, 3.8) is 0 Å². The third-order valence-corrected chi connectivity index (χ3v) is 5.72. The number of sulfonamides is 1. The first-order chi connectivity index (χ1) is 8.40. The molecule has 5 nitrogen and oxygen atoms in total. The summed E-state index contributed by atoms with van der Waals surface area (Å²) in [4.78, 5) is 10.7. The highest BCUT2D eigenvalue weighted by molar-refractivity contribution is 7.89. The van der Waals surface area contributed by atoms with Crippen LogP contribution in [0.1, 0.15) is 35.9 Å². The van der Waals surface area contributed by atoms with Crippen LogP contribution in [-0.2, 0) is 10.0 Å². The third-order valence-electron chi connectivity index (χ3n) is 3.13. The van der Waals surface area contributed by atoms with Gasteiger partial charge in [0.25, 0.3) is 0 Å². The van der Waals surface area contributed by atoms with E-state index in [1.165, 1.54) is 11.4 Å². The fourth-order valence-corrected chi connectivity index (χ4v) is 4.81. The minimum atomic E-state index is -3.72. The smallest absolute Gasteiger partial charge is 0.347 e. The molecule has 1 aromatic heterocycles. The topological polar surface area (TPSA) is 83.5 Å². The van der Waals surface area contributed by atoms with Gasteiger partial charge in [0.2, 0.25) is 10.0 Å². The lowest BCUT2D eigenvalue weighted by atomic mass is 10.1. The summed E-state index contributed by atoms with van der Waals surface area (Å²) < 4.78 is 26.8. The minimum Gasteiger partial charge on any atom is -0.477 e. The van der Waals surface area contributed by atoms with E-state index in [0.29, 0.717) is 5.92 Å². The number of carbonyl (C=O) groups is 1. The first-order valence-electron chi connectivity index (χ1n) is 5.73. The Morgan fingerprint density at radius 3 is 2.78 bits per heavy atom. The van der Waals surface area contributed by atoms with Gasteiger partial charge < -0.3 is 5.11 Å². The van der Waals surface area contributed by atoms with E-state index in [-0.39, 0.29) is 15.8 Å². The lowest BCUT2D eigenvalue weighted by Gasteiger charge is -2.12. The molecule has 2 atom stereocenters. The molecule has 1 heterocycles. The fraction of sp³-hybridized carbons (Fsp3) is 0.545. The van der Waals surface area contributed by atoms with E-state index in [9.17, 15) is 13.2 Å². The molecule has 2 rings (SSSR count). The number of rotatable bonds is 4. The second-order valence-electron chi connectivity index (χ2n) is 4.66. The molecular weight excluding hydrogens is 274 g/mol. The van der Waals surface area contributed by atoms with Gasteiger partial charge in [-0.3, -0.25) is 0 Å². The maximum atomic E-state index is 12.1. The Morgan fingerprint density at radius 2 is 2.22 bits per heavy atom. The van der Waals surface area contributed by atoms with Crippen molar-refractivity contribution in [2.45, 2.75) is 37.1 Å². The van der Waals surface area contributed by atoms with Gasteiger partial charge in [-0.05, 0) is 36.6 Å². The Morgan fingerprint density at radius 1 is 1.50 bits per heavy atom. The summed E-state index contributed by atoms with van der Waals surface area (Å²) in [6.45, 7) is 2.08. The maximum Gasteiger partial charge on any atom is 0.347 e. The van der Waals surface area contributed by atoms with E-state index >= 15 is 0 Å². The number of thiophene rings is 1. The van der Waals surface area contributed by atoms with Crippen LogP contribution in [0.4, 0.5) is 0 Å². The zero-order chi connectivity index (χ0) is 13.3. The molecule has 0 amide bonds. The average Bonchev–Trinajstić information content (AvgIpc) is 2.86. The molecule has 0 bridgehead atoms. The van der Waals surface area contributed by atoms with Crippen LogP contribution < -0.4 is 4.72 Å². The van der Waals surface area contributed by atoms with Crippen LogP contribution in [0.3, 0.4) is 0 Å². The number of carboxylic acid groups (broad SMARTS) is 1. The highest BCUT2D eigenvalue weighted by Crippen LogP contribution is 2.27. The summed E-state index contributed by atoms with van der Waals surface area (Å²) >= 11 is 0.924. The lowest BCUT2D eigenvalue weighted by molar-refractivity contribution is 0.0698. The summed E-state index contributed by atoms with van der Waals surface area (Å²) in [5, 5.41) is 10.4. The SMILES string of the molecule is CC1CCC(NS(=O)(=O)c2ccsc2C(=O)O)C1. The van der Waals surface area contributed by atoms with Gasteiger partial charge in [-0.15, -0.1) is 11.3 Å². The molecule has 1 aliphatic rings. The molecule has 100 valence electrons. The van der Waals surface area contributed by atoms with E-state index < -0.39 is 16.0 Å². The van der Waals surface area contributed by atoms with E-state index in [0.717, 1.165) is 30.6 Å². The Labute approximate surface area is 110 Å². The summed E-state index contributed by atoms with van der Waals surface area (Å²) in [6, 6.07) is 1.26. The quantitative estimate of drug-likeness (QED) is 0.887. The Hall–Kier alpha value is -0.920. The molecule has 0 spiro atoms. The van der Waals surface area contributed by atoms with E-state index in [1.54, 1.807) is 0 Å². The van der Waals surface area contributed by atoms with Gasteiger partial charge in [-0.25, -0.2) is 17.9 Å². The molecular formula is C11H15NO4S2. The predicted molar refractivity (Wildman–Crippen MR) is 68.4 cm³/mol. The molecule has 0 aliphatic heterocycles. The fourth-order valence-electron chi connectivity index (χ4n) is 2.26. The van der Waals surface area contributed by atoms with Crippen molar-refractivity contribution in [1.29, 1.82) is 0 Å². The van der Waals surface area contributed by atoms with Gasteiger partial charge in [-0.1, -0.05) is 6.92 Å². The molecule has 0 saturated heterocycles. The van der Waals surface area contributed by atoms with Crippen LogP contribution >= 0.6 is 11.3 Å². The van der Waals surface area contributed by atoms with Gasteiger partial charge >= 0.3 is 5.97 Å². The van der Waals surface area contributed by atoms with Gasteiger partial charge in [0, 0.05) is 6.04 Å². The summed E-state index contributed by atoms with van der Waals surface area (Å²) in [5.41, 5.74) is 0. The maximum absolute atomic E-state index is 12.1. The second kappa shape index (κ2) is 4.99. The van der Waals surface area contributed by atoms with Crippen molar-refractivity contribution in [2.75, 3.05) is 0 Å². The first-order valence-corrected chi connectivity index (χ1v) is 8.09. The monoisotopic (exact) mass is 289 g/mol. The van der Waals surface area contributed by atoms with Crippen molar-refractivity contribution >= 4 is 27.3 Å². The number of aromatic carboxylic acids is 1. The normalized spacial score (nSPS) is 24.3. The molecule has 1 aromatic rings. The Kier molecular flexibility index (Phi) is 3.74. The standard InChI is InChI=1S/C11H15NO4S2/c1-7-2-3-8(6-7)12-18(15,16)9-4-5-17-10(9)11(13)14/h4-5,7-8,12H,2-3,6H2,1H3,(H,13,14). The second-order valence-corrected chi connectivity index (χ2v) is 7.25. The Bertz CT molecular complexity index is 549. The minimum absolute atomic E-state index is 0.0773. The van der Waals surface area contributed by atoms with Crippen LogP contribution in [0.25, 0.3) is 0 Å². The zero-order valence-corrected chi connectivity index (χ0v) is 11.6. The van der Waals surface area contributed by atoms with Crippen LogP contribution in [0.2, 0.25) is 0 Å². The van der Waals surface area contributed by atoms with Crippen LogP contribution in [0.5, 0.6) is 0 Å². The van der Waals surface area contributed by atoms with E-state index in [1.807, 2.05) is 0 Å². The molecule has 0 aromatic carbocycles. The molecule has 7 heteroatoms. The number of hydrogen-bond acceptors (Lipinski definition) is 4. The van der Waals surface area contributed by atoms with Gasteiger partial charge in [-0.2, -0.15) is 0 Å². The van der Waals surface area contributed by atoms with Crippen molar-refractivity contribution in [1.82, 2.24) is 4.72 Å². The molecule has 0 radical (unpaired) electrons. The molecule has 1 aliphatic carbocycles. The van der Waals surface area contributed by atoms with Crippen molar-refractivity contribution in [2.24, 2.45) is 5.92 Å². The number of hydrogen-bond donors (Lipinski definition) is 2. The van der Waals surface area contributed by atoms with Gasteiger partial charge in [0.05, 0.1) is 0 Å². The molecule has 18 heavy (non-hydrogen) atoms. The zero-order valence-electron chi connectivity index (χ0n) is 9.92. The highest BCUT2D eigenvalue weighted by atomic mass is 32.2. The summed E-state index contributed by atoms with van der Waals surface area (Å²) in [6.07, 6.45) is 2.63. The van der Waals surface area contributed by atoms with Crippen molar-refractivity contribution in [3.8, 4) is 0 Å². The summed E-state index contributed by atoms with van der Waals surface area (Å²) in [5.74, 6) is -0.690. The number of carboxylic acids is 1. The predicted octanol–water partition coefficient (Wildman–Crippen LogP) is 1.91. The average molecular weight is 289 g/mol. The van der Waals surface area contributed by atoms with E-state index in [2.05, 4.69) is 11.6 Å². The lowest BCUT2D eigenvalue weighted by Crippen LogP contribution is -2.33. The molecule has 2 N–H and O–H groups in total. The highest BCUT2D eigenvalue weighted by Gasteiger charge is 2.29. The largest absolute Gasteiger partial charge is 0.477 e. The molecule has 1 fully saturated rings. The number of nitrogens with one attached hydrogen (secondary N) is 1. The summed E-state index contributed by atoms with van der Waals surface area (Å²) in [7, 11) is -3.72. The van der Waals surface area contributed by atoms with Crippen LogP contribution in [-0.4, -0.2) is 25.5 Å². The van der Waals surface area contributed by atoms with Gasteiger partial charge in [0.1, 0.15) is 9.77 Å². The van der Waals surface area contributed by atoms with Crippen molar-refractivity contribution < 1.29 is 18.3 Å². The van der Waals surface area contributed by atoms with E-state index in [4.69, 9.17) is 5.11 Å². The van der Waals surface area contributed by atoms with Gasteiger partial charge in [0.15, 0.2) is 0 Å². The third kappa shape index (κ3) is 2.73. The first kappa shape index (κ1) is 13.5. The van der Waals surface area contributed by atoms with Crippen molar-refractivity contribution in [3.05, 3.63) is 16.3 Å². The molecule has 2 unspecified atom stereocenters. The molecule has 1 saturated carbocycles. The Balaban J connectivity index is 2.20. The van der Waals surface area contributed by atoms with Crippen LogP contribution in [0.15, 0.2) is 16.3 Å².